The number of nitrogens with zero attached hydrogens (tertiary/aromatic N) is 1. The topological polar surface area (TPSA) is 49.4 Å². The molecule has 0 saturated heterocycles. The third kappa shape index (κ3) is 6.01. The van der Waals surface area contributed by atoms with Crippen molar-refractivity contribution in [3.05, 3.63) is 107 Å². The fourth-order valence-electron chi connectivity index (χ4n) is 3.40. The van der Waals surface area contributed by atoms with Crippen molar-refractivity contribution < 1.29 is 14.0 Å². The molecule has 5 heteroatoms. The van der Waals surface area contributed by atoms with Crippen molar-refractivity contribution in [1.29, 1.82) is 0 Å². The van der Waals surface area contributed by atoms with Crippen molar-refractivity contribution in [2.75, 3.05) is 0 Å². The highest BCUT2D eigenvalue weighted by atomic mass is 19.1. The Bertz CT molecular complexity index is 989. The van der Waals surface area contributed by atoms with E-state index in [-0.39, 0.29) is 30.1 Å². The first-order chi connectivity index (χ1) is 15.0. The second-order valence-corrected chi connectivity index (χ2v) is 7.76. The van der Waals surface area contributed by atoms with E-state index in [9.17, 15) is 14.0 Å². The molecule has 0 saturated carbocycles. The second kappa shape index (κ2) is 10.5. The van der Waals surface area contributed by atoms with Crippen LogP contribution in [0.25, 0.3) is 0 Å². The molecule has 0 aliphatic heterocycles. The Balaban J connectivity index is 1.93. The fourth-order valence-corrected chi connectivity index (χ4v) is 3.40. The van der Waals surface area contributed by atoms with Crippen LogP contribution >= 0.6 is 0 Å². The molecule has 0 spiro atoms. The van der Waals surface area contributed by atoms with Gasteiger partial charge in [-0.3, -0.25) is 9.59 Å². The molecule has 0 fully saturated rings. The number of halogens is 1. The van der Waals surface area contributed by atoms with Crippen molar-refractivity contribution in [2.45, 2.75) is 33.0 Å². The smallest absolute Gasteiger partial charge is 0.247 e. The standard InChI is InChI=1S/C26H27FN2O2/c1-19(2)26(31)29(18-21-13-15-23(27)16-14-21)24(22-11-7-4-8-12-22)25(30)28-17-20-9-5-3-6-10-20/h3-16,19,24H,17-18H2,1-2H3,(H,28,30). The number of nitrogens with one attached hydrogen (secondary N) is 1. The van der Waals surface area contributed by atoms with Gasteiger partial charge in [0.2, 0.25) is 11.8 Å². The molecule has 0 bridgehead atoms. The van der Waals surface area contributed by atoms with Crippen LogP contribution in [0.15, 0.2) is 84.9 Å². The highest BCUT2D eigenvalue weighted by molar-refractivity contribution is 5.89. The molecule has 0 aliphatic rings. The van der Waals surface area contributed by atoms with Crippen LogP contribution in [-0.4, -0.2) is 16.7 Å². The average Bonchev–Trinajstić information content (AvgIpc) is 2.79. The summed E-state index contributed by atoms with van der Waals surface area (Å²) in [6.45, 7) is 4.19. The van der Waals surface area contributed by atoms with Crippen molar-refractivity contribution >= 4 is 11.8 Å². The lowest BCUT2D eigenvalue weighted by Crippen LogP contribution is -2.44. The van der Waals surface area contributed by atoms with E-state index in [2.05, 4.69) is 5.32 Å². The van der Waals surface area contributed by atoms with E-state index in [0.717, 1.165) is 16.7 Å². The molecule has 1 unspecified atom stereocenters. The van der Waals surface area contributed by atoms with Gasteiger partial charge in [-0.15, -0.1) is 0 Å². The van der Waals surface area contributed by atoms with Gasteiger partial charge in [0, 0.05) is 19.0 Å². The Morgan fingerprint density at radius 1 is 0.839 bits per heavy atom. The Labute approximate surface area is 182 Å². The zero-order valence-electron chi connectivity index (χ0n) is 17.8. The fraction of sp³-hybridized carbons (Fsp3) is 0.231. The molecule has 0 heterocycles. The summed E-state index contributed by atoms with van der Waals surface area (Å²) in [4.78, 5) is 28.1. The molecule has 0 aromatic heterocycles. The van der Waals surface area contributed by atoms with E-state index in [1.165, 1.54) is 12.1 Å². The summed E-state index contributed by atoms with van der Waals surface area (Å²) in [6, 6.07) is 24.1. The molecule has 31 heavy (non-hydrogen) atoms. The van der Waals surface area contributed by atoms with Gasteiger partial charge in [0.25, 0.3) is 0 Å². The van der Waals surface area contributed by atoms with Gasteiger partial charge in [0.05, 0.1) is 0 Å². The minimum absolute atomic E-state index is 0.145. The van der Waals surface area contributed by atoms with Gasteiger partial charge in [0.15, 0.2) is 0 Å². The summed E-state index contributed by atoms with van der Waals surface area (Å²) >= 11 is 0. The van der Waals surface area contributed by atoms with Gasteiger partial charge in [-0.25, -0.2) is 4.39 Å². The minimum Gasteiger partial charge on any atom is -0.350 e. The second-order valence-electron chi connectivity index (χ2n) is 7.76. The molecule has 160 valence electrons. The summed E-state index contributed by atoms with van der Waals surface area (Å²) in [5.41, 5.74) is 2.46. The lowest BCUT2D eigenvalue weighted by atomic mass is 10.0. The van der Waals surface area contributed by atoms with E-state index >= 15 is 0 Å². The molecule has 0 aliphatic carbocycles. The van der Waals surface area contributed by atoms with Crippen LogP contribution in [0.2, 0.25) is 0 Å². The number of hydrogen-bond donors (Lipinski definition) is 1. The molecule has 2 amide bonds. The molecule has 3 rings (SSSR count). The third-order valence-electron chi connectivity index (χ3n) is 5.03. The van der Waals surface area contributed by atoms with E-state index in [0.29, 0.717) is 6.54 Å². The van der Waals surface area contributed by atoms with Gasteiger partial charge >= 0.3 is 0 Å². The molecule has 1 N–H and O–H groups in total. The Kier molecular flexibility index (Phi) is 7.55. The van der Waals surface area contributed by atoms with E-state index in [1.807, 2.05) is 74.5 Å². The van der Waals surface area contributed by atoms with E-state index in [4.69, 9.17) is 0 Å². The van der Waals surface area contributed by atoms with Crippen LogP contribution in [0.4, 0.5) is 4.39 Å². The Hall–Kier alpha value is -3.47. The maximum absolute atomic E-state index is 13.4. The number of benzene rings is 3. The van der Waals surface area contributed by atoms with Gasteiger partial charge in [0.1, 0.15) is 11.9 Å². The van der Waals surface area contributed by atoms with E-state index < -0.39 is 6.04 Å². The Morgan fingerprint density at radius 3 is 2.00 bits per heavy atom. The first-order valence-corrected chi connectivity index (χ1v) is 10.4. The lowest BCUT2D eigenvalue weighted by molar-refractivity contribution is -0.144. The van der Waals surface area contributed by atoms with Gasteiger partial charge in [-0.05, 0) is 28.8 Å². The normalized spacial score (nSPS) is 11.7. The van der Waals surface area contributed by atoms with Crippen LogP contribution in [-0.2, 0) is 22.7 Å². The van der Waals surface area contributed by atoms with Crippen LogP contribution in [0, 0.1) is 11.7 Å². The maximum atomic E-state index is 13.4. The molecular formula is C26H27FN2O2. The molecule has 1 atom stereocenters. The molecule has 3 aromatic rings. The summed E-state index contributed by atoms with van der Waals surface area (Å²) in [6.07, 6.45) is 0. The number of hydrogen-bond acceptors (Lipinski definition) is 2. The van der Waals surface area contributed by atoms with Crippen LogP contribution < -0.4 is 5.32 Å². The predicted molar refractivity (Wildman–Crippen MR) is 119 cm³/mol. The molecule has 4 nitrogen and oxygen atoms in total. The number of carbonyl (C=O) groups excluding carboxylic acids is 2. The van der Waals surface area contributed by atoms with Crippen molar-refractivity contribution in [2.24, 2.45) is 5.92 Å². The Morgan fingerprint density at radius 2 is 1.42 bits per heavy atom. The van der Waals surface area contributed by atoms with Crippen LogP contribution in [0.1, 0.15) is 36.6 Å². The zero-order valence-corrected chi connectivity index (χ0v) is 17.8. The van der Waals surface area contributed by atoms with E-state index in [1.54, 1.807) is 17.0 Å². The third-order valence-corrected chi connectivity index (χ3v) is 5.03. The van der Waals surface area contributed by atoms with Crippen molar-refractivity contribution in [3.63, 3.8) is 0 Å². The van der Waals surface area contributed by atoms with Gasteiger partial charge < -0.3 is 10.2 Å². The van der Waals surface area contributed by atoms with Crippen LogP contribution in [0.3, 0.4) is 0 Å². The first kappa shape index (κ1) is 22.2. The lowest BCUT2D eigenvalue weighted by Gasteiger charge is -2.33. The van der Waals surface area contributed by atoms with Gasteiger partial charge in [-0.2, -0.15) is 0 Å². The number of carbonyl (C=O) groups is 2. The zero-order chi connectivity index (χ0) is 22.2. The highest BCUT2D eigenvalue weighted by Crippen LogP contribution is 2.26. The summed E-state index contributed by atoms with van der Waals surface area (Å²) < 4.78 is 13.4. The molecular weight excluding hydrogens is 391 g/mol. The maximum Gasteiger partial charge on any atom is 0.247 e. The first-order valence-electron chi connectivity index (χ1n) is 10.4. The quantitative estimate of drug-likeness (QED) is 0.568. The van der Waals surface area contributed by atoms with Crippen molar-refractivity contribution in [1.82, 2.24) is 10.2 Å². The molecule has 0 radical (unpaired) electrons. The highest BCUT2D eigenvalue weighted by Gasteiger charge is 2.32. The minimum atomic E-state index is -0.801. The SMILES string of the molecule is CC(C)C(=O)N(Cc1ccc(F)cc1)C(C(=O)NCc1ccccc1)c1ccccc1. The summed E-state index contributed by atoms with van der Waals surface area (Å²) in [7, 11) is 0. The van der Waals surface area contributed by atoms with Gasteiger partial charge in [-0.1, -0.05) is 86.6 Å². The summed E-state index contributed by atoms with van der Waals surface area (Å²) in [5, 5.41) is 2.97. The number of amides is 2. The average molecular weight is 419 g/mol. The monoisotopic (exact) mass is 418 g/mol. The van der Waals surface area contributed by atoms with Crippen molar-refractivity contribution in [3.8, 4) is 0 Å². The predicted octanol–water partition coefficient (Wildman–Crippen LogP) is 4.87. The molecule has 3 aromatic carbocycles. The largest absolute Gasteiger partial charge is 0.350 e. The summed E-state index contributed by atoms with van der Waals surface area (Å²) in [5.74, 6) is -1.04. The number of rotatable bonds is 8. The van der Waals surface area contributed by atoms with Crippen LogP contribution in [0.5, 0.6) is 0 Å².